The van der Waals surface area contributed by atoms with E-state index in [1.165, 1.54) is 0 Å². The molecule has 0 unspecified atom stereocenters. The van der Waals surface area contributed by atoms with Gasteiger partial charge in [0.15, 0.2) is 0 Å². The van der Waals surface area contributed by atoms with E-state index < -0.39 is 0 Å². The minimum Gasteiger partial charge on any atom is -0.382 e. The minimum atomic E-state index is 0.734. The Kier molecular flexibility index (Phi) is 4.33. The zero-order chi connectivity index (χ0) is 9.68. The molecule has 0 radical (unpaired) electrons. The van der Waals surface area contributed by atoms with Gasteiger partial charge in [-0.2, -0.15) is 0 Å². The molecule has 1 nitrogen and oxygen atoms in total. The smallest absolute Gasteiger partial charge is 0.0437 e. The third kappa shape index (κ3) is 3.83. The fourth-order valence-corrected chi connectivity index (χ4v) is 1.81. The van der Waals surface area contributed by atoms with Crippen LogP contribution in [0.1, 0.15) is 6.92 Å². The summed E-state index contributed by atoms with van der Waals surface area (Å²) in [6.45, 7) is 2.82. The Labute approximate surface area is 91.9 Å². The van der Waals surface area contributed by atoms with E-state index in [0.717, 1.165) is 21.7 Å². The number of hydrogen-bond acceptors (Lipinski definition) is 1. The van der Waals surface area contributed by atoms with Gasteiger partial charge in [-0.25, -0.2) is 0 Å². The highest BCUT2D eigenvalue weighted by Gasteiger charge is 1.95. The first kappa shape index (κ1) is 10.6. The monoisotopic (exact) mass is 259 g/mol. The van der Waals surface area contributed by atoms with Gasteiger partial charge >= 0.3 is 0 Å². The van der Waals surface area contributed by atoms with Gasteiger partial charge in [0.25, 0.3) is 0 Å². The first-order valence-corrected chi connectivity index (χ1v) is 5.20. The molecule has 0 spiro atoms. The lowest BCUT2D eigenvalue weighted by atomic mass is 10.3. The van der Waals surface area contributed by atoms with E-state index in [-0.39, 0.29) is 0 Å². The molecule has 70 valence electrons. The summed E-state index contributed by atoms with van der Waals surface area (Å²) in [7, 11) is 0. The van der Waals surface area contributed by atoms with Crippen molar-refractivity contribution >= 4 is 33.2 Å². The largest absolute Gasteiger partial charge is 0.382 e. The standard InChI is InChI=1S/C10H11BrClN/c1-2-3-4-13-10-6-8(11)5-9(12)7-10/h2-3,5-7,13H,4H2,1H3/b3-2+. The van der Waals surface area contributed by atoms with Crippen molar-refractivity contribution in [2.24, 2.45) is 0 Å². The molecule has 0 aromatic heterocycles. The van der Waals surface area contributed by atoms with Gasteiger partial charge in [-0.15, -0.1) is 0 Å². The van der Waals surface area contributed by atoms with Crippen LogP contribution in [-0.4, -0.2) is 6.54 Å². The van der Waals surface area contributed by atoms with E-state index in [0.29, 0.717) is 0 Å². The SMILES string of the molecule is C/C=C/CNc1cc(Cl)cc(Br)c1. The van der Waals surface area contributed by atoms with Gasteiger partial charge in [0, 0.05) is 21.7 Å². The van der Waals surface area contributed by atoms with Crippen molar-refractivity contribution in [2.75, 3.05) is 11.9 Å². The Bertz CT molecular complexity index is 290. The molecule has 0 fully saturated rings. The van der Waals surface area contributed by atoms with Crippen LogP contribution in [-0.2, 0) is 0 Å². The zero-order valence-corrected chi connectivity index (χ0v) is 9.69. The van der Waals surface area contributed by atoms with Crippen LogP contribution in [0.15, 0.2) is 34.8 Å². The molecule has 0 bridgehead atoms. The van der Waals surface area contributed by atoms with Crippen molar-refractivity contribution in [3.63, 3.8) is 0 Å². The minimum absolute atomic E-state index is 0.734. The lowest BCUT2D eigenvalue weighted by Gasteiger charge is -2.04. The molecule has 13 heavy (non-hydrogen) atoms. The van der Waals surface area contributed by atoms with E-state index in [1.54, 1.807) is 0 Å². The topological polar surface area (TPSA) is 12.0 Å². The molecule has 0 saturated carbocycles. The van der Waals surface area contributed by atoms with Crippen LogP contribution >= 0.6 is 27.5 Å². The van der Waals surface area contributed by atoms with E-state index in [1.807, 2.05) is 31.2 Å². The van der Waals surface area contributed by atoms with E-state index in [4.69, 9.17) is 11.6 Å². The molecule has 1 aromatic carbocycles. The number of benzene rings is 1. The van der Waals surface area contributed by atoms with E-state index in [2.05, 4.69) is 27.3 Å². The normalized spacial score (nSPS) is 10.7. The molecular weight excluding hydrogens is 249 g/mol. The summed E-state index contributed by atoms with van der Waals surface area (Å²) >= 11 is 9.25. The Balaban J connectivity index is 2.66. The molecular formula is C10H11BrClN. The third-order valence-corrected chi connectivity index (χ3v) is 2.20. The predicted octanol–water partition coefficient (Wildman–Crippen LogP) is 4.09. The number of anilines is 1. The lowest BCUT2D eigenvalue weighted by molar-refractivity contribution is 1.32. The summed E-state index contributed by atoms with van der Waals surface area (Å²) in [5, 5.41) is 3.96. The summed E-state index contributed by atoms with van der Waals surface area (Å²) in [4.78, 5) is 0. The van der Waals surface area contributed by atoms with Crippen LogP contribution in [0, 0.1) is 0 Å². The molecule has 0 aliphatic rings. The second-order valence-corrected chi connectivity index (χ2v) is 3.96. The lowest BCUT2D eigenvalue weighted by Crippen LogP contribution is -1.97. The van der Waals surface area contributed by atoms with Crippen molar-refractivity contribution in [3.8, 4) is 0 Å². The molecule has 3 heteroatoms. The molecule has 1 rings (SSSR count). The number of halogens is 2. The van der Waals surface area contributed by atoms with Crippen LogP contribution < -0.4 is 5.32 Å². The number of rotatable bonds is 3. The Hall–Kier alpha value is -0.470. The highest BCUT2D eigenvalue weighted by molar-refractivity contribution is 9.10. The van der Waals surface area contributed by atoms with Gasteiger partial charge in [-0.1, -0.05) is 39.7 Å². The Morgan fingerprint density at radius 3 is 2.85 bits per heavy atom. The maximum atomic E-state index is 5.87. The maximum absolute atomic E-state index is 5.87. The first-order chi connectivity index (χ1) is 6.22. The summed E-state index contributed by atoms with van der Waals surface area (Å²) in [5.41, 5.74) is 1.03. The van der Waals surface area contributed by atoms with Gasteiger partial charge in [0.2, 0.25) is 0 Å². The molecule has 0 atom stereocenters. The second-order valence-electron chi connectivity index (χ2n) is 2.61. The number of allylic oxidation sites excluding steroid dienone is 1. The van der Waals surface area contributed by atoms with Crippen molar-refractivity contribution in [3.05, 3.63) is 39.8 Å². The van der Waals surface area contributed by atoms with Crippen LogP contribution in [0.5, 0.6) is 0 Å². The molecule has 1 aromatic rings. The predicted molar refractivity (Wildman–Crippen MR) is 62.5 cm³/mol. The molecule has 0 aliphatic carbocycles. The van der Waals surface area contributed by atoms with Crippen LogP contribution in [0.2, 0.25) is 5.02 Å². The van der Waals surface area contributed by atoms with E-state index in [9.17, 15) is 0 Å². The maximum Gasteiger partial charge on any atom is 0.0437 e. The quantitative estimate of drug-likeness (QED) is 0.807. The molecule has 1 N–H and O–H groups in total. The summed E-state index contributed by atoms with van der Waals surface area (Å²) in [6, 6.07) is 5.76. The number of nitrogens with one attached hydrogen (secondary N) is 1. The van der Waals surface area contributed by atoms with Gasteiger partial charge in [-0.05, 0) is 25.1 Å². The zero-order valence-electron chi connectivity index (χ0n) is 7.35. The van der Waals surface area contributed by atoms with Crippen molar-refractivity contribution < 1.29 is 0 Å². The Morgan fingerprint density at radius 2 is 2.23 bits per heavy atom. The van der Waals surface area contributed by atoms with Gasteiger partial charge in [0.1, 0.15) is 0 Å². The molecule has 0 heterocycles. The molecule has 0 aliphatic heterocycles. The highest BCUT2D eigenvalue weighted by Crippen LogP contribution is 2.22. The highest BCUT2D eigenvalue weighted by atomic mass is 79.9. The van der Waals surface area contributed by atoms with Gasteiger partial charge in [-0.3, -0.25) is 0 Å². The third-order valence-electron chi connectivity index (χ3n) is 1.52. The fourth-order valence-electron chi connectivity index (χ4n) is 0.951. The Morgan fingerprint density at radius 1 is 1.46 bits per heavy atom. The fraction of sp³-hybridized carbons (Fsp3) is 0.200. The van der Waals surface area contributed by atoms with Crippen LogP contribution in [0.25, 0.3) is 0 Å². The average molecular weight is 261 g/mol. The van der Waals surface area contributed by atoms with Gasteiger partial charge in [0.05, 0.1) is 0 Å². The van der Waals surface area contributed by atoms with Gasteiger partial charge < -0.3 is 5.32 Å². The summed E-state index contributed by atoms with van der Waals surface area (Å²) in [6.07, 6.45) is 4.06. The van der Waals surface area contributed by atoms with E-state index >= 15 is 0 Å². The van der Waals surface area contributed by atoms with Crippen molar-refractivity contribution in [2.45, 2.75) is 6.92 Å². The second kappa shape index (κ2) is 5.30. The number of hydrogen-bond donors (Lipinski definition) is 1. The average Bonchev–Trinajstić information content (AvgIpc) is 2.03. The first-order valence-electron chi connectivity index (χ1n) is 4.03. The van der Waals surface area contributed by atoms with Crippen LogP contribution in [0.3, 0.4) is 0 Å². The summed E-state index contributed by atoms with van der Waals surface area (Å²) < 4.78 is 0.989. The van der Waals surface area contributed by atoms with Crippen molar-refractivity contribution in [1.82, 2.24) is 0 Å². The van der Waals surface area contributed by atoms with Crippen LogP contribution in [0.4, 0.5) is 5.69 Å². The van der Waals surface area contributed by atoms with Crippen molar-refractivity contribution in [1.29, 1.82) is 0 Å². The molecule has 0 amide bonds. The molecule has 0 saturated heterocycles. The summed E-state index contributed by atoms with van der Waals surface area (Å²) in [5.74, 6) is 0.